The first-order valence-electron chi connectivity index (χ1n) is 5.80. The van der Waals surface area contributed by atoms with Crippen LogP contribution >= 0.6 is 0 Å². The fraction of sp³-hybridized carbons (Fsp3) is 0.385. The van der Waals surface area contributed by atoms with Gasteiger partial charge >= 0.3 is 5.97 Å². The molecular weight excluding hydrogens is 232 g/mol. The molecule has 0 aliphatic heterocycles. The summed E-state index contributed by atoms with van der Waals surface area (Å²) in [6.07, 6.45) is 0. The average molecular weight is 250 g/mol. The molecule has 0 fully saturated rings. The number of carboxylic acids is 1. The molecule has 1 amide bonds. The van der Waals surface area contributed by atoms with Crippen molar-refractivity contribution >= 4 is 17.6 Å². The van der Waals surface area contributed by atoms with E-state index in [2.05, 4.69) is 10.6 Å². The smallest absolute Gasteiger partial charge is 0.335 e. The van der Waals surface area contributed by atoms with Crippen molar-refractivity contribution in [1.29, 1.82) is 0 Å². The average Bonchev–Trinajstić information content (AvgIpc) is 2.28. The van der Waals surface area contributed by atoms with Crippen molar-refractivity contribution in [3.63, 3.8) is 0 Å². The maximum absolute atomic E-state index is 11.7. The van der Waals surface area contributed by atoms with Gasteiger partial charge in [0.1, 0.15) is 6.04 Å². The van der Waals surface area contributed by atoms with Crippen molar-refractivity contribution in [2.75, 3.05) is 5.32 Å². The van der Waals surface area contributed by atoms with Crippen LogP contribution in [0.2, 0.25) is 0 Å². The molecule has 1 atom stereocenters. The van der Waals surface area contributed by atoms with E-state index in [1.165, 1.54) is 12.1 Å². The lowest BCUT2D eigenvalue weighted by molar-refractivity contribution is -0.122. The number of rotatable bonds is 5. The van der Waals surface area contributed by atoms with Gasteiger partial charge in [-0.2, -0.15) is 0 Å². The van der Waals surface area contributed by atoms with Gasteiger partial charge in [0.25, 0.3) is 0 Å². The number of aromatic carboxylic acids is 1. The molecule has 0 aliphatic rings. The number of carbonyl (C=O) groups excluding carboxylic acids is 1. The van der Waals surface area contributed by atoms with Crippen molar-refractivity contribution < 1.29 is 14.7 Å². The van der Waals surface area contributed by atoms with Gasteiger partial charge in [-0.05, 0) is 45.0 Å². The second kappa shape index (κ2) is 6.05. The van der Waals surface area contributed by atoms with Crippen LogP contribution in [0.25, 0.3) is 0 Å². The Morgan fingerprint density at radius 2 is 1.67 bits per heavy atom. The molecule has 0 saturated heterocycles. The first kappa shape index (κ1) is 14.0. The van der Waals surface area contributed by atoms with E-state index in [9.17, 15) is 9.59 Å². The Hall–Kier alpha value is -2.04. The molecule has 1 rings (SSSR count). The van der Waals surface area contributed by atoms with Crippen molar-refractivity contribution in [2.24, 2.45) is 0 Å². The molecule has 0 heterocycles. The fourth-order valence-corrected chi connectivity index (χ4v) is 1.43. The predicted molar refractivity (Wildman–Crippen MR) is 69.8 cm³/mol. The summed E-state index contributed by atoms with van der Waals surface area (Å²) < 4.78 is 0. The number of carbonyl (C=O) groups is 2. The van der Waals surface area contributed by atoms with Crippen molar-refractivity contribution in [3.05, 3.63) is 29.8 Å². The third kappa shape index (κ3) is 4.08. The summed E-state index contributed by atoms with van der Waals surface area (Å²) in [4.78, 5) is 22.3. The number of nitrogens with one attached hydrogen (secondary N) is 2. The Kier molecular flexibility index (Phi) is 4.71. The Bertz CT molecular complexity index is 426. The van der Waals surface area contributed by atoms with Crippen LogP contribution in [-0.4, -0.2) is 29.1 Å². The van der Waals surface area contributed by atoms with Crippen molar-refractivity contribution in [2.45, 2.75) is 32.9 Å². The zero-order chi connectivity index (χ0) is 13.7. The Labute approximate surface area is 106 Å². The highest BCUT2D eigenvalue weighted by Gasteiger charge is 2.13. The molecule has 18 heavy (non-hydrogen) atoms. The highest BCUT2D eigenvalue weighted by atomic mass is 16.4. The molecule has 0 bridgehead atoms. The molecule has 0 aromatic heterocycles. The molecule has 0 spiro atoms. The monoisotopic (exact) mass is 250 g/mol. The predicted octanol–water partition coefficient (Wildman–Crippen LogP) is 1.71. The largest absolute Gasteiger partial charge is 0.478 e. The normalized spacial score (nSPS) is 12.0. The number of hydrogen-bond acceptors (Lipinski definition) is 3. The van der Waals surface area contributed by atoms with Crippen molar-refractivity contribution in [3.8, 4) is 0 Å². The summed E-state index contributed by atoms with van der Waals surface area (Å²) in [5, 5.41) is 14.6. The highest BCUT2D eigenvalue weighted by molar-refractivity contribution is 5.88. The first-order valence-corrected chi connectivity index (χ1v) is 5.80. The van der Waals surface area contributed by atoms with Gasteiger partial charge in [0, 0.05) is 11.7 Å². The van der Waals surface area contributed by atoms with Crippen LogP contribution in [0.5, 0.6) is 0 Å². The molecule has 0 saturated carbocycles. The molecular formula is C13H18N2O3. The van der Waals surface area contributed by atoms with Crippen LogP contribution in [0.1, 0.15) is 31.1 Å². The first-order chi connectivity index (χ1) is 8.40. The van der Waals surface area contributed by atoms with Crippen molar-refractivity contribution in [1.82, 2.24) is 5.32 Å². The second-order valence-corrected chi connectivity index (χ2v) is 4.41. The minimum atomic E-state index is -0.966. The number of amides is 1. The summed E-state index contributed by atoms with van der Waals surface area (Å²) in [5.74, 6) is -1.06. The Balaban J connectivity index is 2.61. The number of hydrogen-bond donors (Lipinski definition) is 3. The standard InChI is InChI=1S/C13H18N2O3/c1-8(2)14-12(16)9(3)15-11-6-4-10(5-7-11)13(17)18/h4-9,15H,1-3H3,(H,14,16)(H,17,18). The minimum absolute atomic E-state index is 0.0905. The summed E-state index contributed by atoms with van der Waals surface area (Å²) in [7, 11) is 0. The third-order valence-electron chi connectivity index (χ3n) is 2.34. The van der Waals surface area contributed by atoms with Crippen LogP contribution in [0, 0.1) is 0 Å². The van der Waals surface area contributed by atoms with E-state index in [1.54, 1.807) is 19.1 Å². The van der Waals surface area contributed by atoms with Crippen LogP contribution < -0.4 is 10.6 Å². The van der Waals surface area contributed by atoms with Gasteiger partial charge in [0.05, 0.1) is 5.56 Å². The third-order valence-corrected chi connectivity index (χ3v) is 2.34. The van der Waals surface area contributed by atoms with Gasteiger partial charge in [-0.15, -0.1) is 0 Å². The van der Waals surface area contributed by atoms with Crippen LogP contribution in [0.4, 0.5) is 5.69 Å². The van der Waals surface area contributed by atoms with Crippen LogP contribution in [0.3, 0.4) is 0 Å². The molecule has 3 N–H and O–H groups in total. The van der Waals surface area contributed by atoms with Crippen LogP contribution in [0.15, 0.2) is 24.3 Å². The Morgan fingerprint density at radius 1 is 1.11 bits per heavy atom. The van der Waals surface area contributed by atoms with E-state index >= 15 is 0 Å². The van der Waals surface area contributed by atoms with Crippen LogP contribution in [-0.2, 0) is 4.79 Å². The molecule has 98 valence electrons. The molecule has 0 radical (unpaired) electrons. The lowest BCUT2D eigenvalue weighted by Gasteiger charge is -2.17. The zero-order valence-electron chi connectivity index (χ0n) is 10.7. The quantitative estimate of drug-likeness (QED) is 0.743. The zero-order valence-corrected chi connectivity index (χ0v) is 10.7. The maximum Gasteiger partial charge on any atom is 0.335 e. The molecule has 5 heteroatoms. The number of benzene rings is 1. The SMILES string of the molecule is CC(C)NC(=O)C(C)Nc1ccc(C(=O)O)cc1. The fourth-order valence-electron chi connectivity index (χ4n) is 1.43. The summed E-state index contributed by atoms with van der Waals surface area (Å²) in [5.41, 5.74) is 0.936. The molecule has 1 aromatic carbocycles. The number of anilines is 1. The maximum atomic E-state index is 11.7. The van der Waals surface area contributed by atoms with E-state index in [0.29, 0.717) is 5.69 Å². The summed E-state index contributed by atoms with van der Waals surface area (Å²) in [6.45, 7) is 5.54. The highest BCUT2D eigenvalue weighted by Crippen LogP contribution is 2.10. The number of carboxylic acid groups (broad SMARTS) is 1. The van der Waals surface area contributed by atoms with E-state index < -0.39 is 5.97 Å². The molecule has 5 nitrogen and oxygen atoms in total. The molecule has 1 unspecified atom stereocenters. The lowest BCUT2D eigenvalue weighted by Crippen LogP contribution is -2.40. The van der Waals surface area contributed by atoms with Gasteiger partial charge in [-0.1, -0.05) is 0 Å². The van der Waals surface area contributed by atoms with E-state index in [1.807, 2.05) is 13.8 Å². The van der Waals surface area contributed by atoms with Gasteiger partial charge in [-0.3, -0.25) is 4.79 Å². The van der Waals surface area contributed by atoms with Gasteiger partial charge in [0.15, 0.2) is 0 Å². The van der Waals surface area contributed by atoms with E-state index in [-0.39, 0.29) is 23.6 Å². The Morgan fingerprint density at radius 3 is 2.11 bits per heavy atom. The minimum Gasteiger partial charge on any atom is -0.478 e. The van der Waals surface area contributed by atoms with Gasteiger partial charge in [0.2, 0.25) is 5.91 Å². The lowest BCUT2D eigenvalue weighted by atomic mass is 10.2. The molecule has 1 aromatic rings. The molecule has 0 aliphatic carbocycles. The van der Waals surface area contributed by atoms with Gasteiger partial charge < -0.3 is 15.7 Å². The summed E-state index contributed by atoms with van der Waals surface area (Å²) in [6, 6.07) is 6.00. The topological polar surface area (TPSA) is 78.4 Å². The summed E-state index contributed by atoms with van der Waals surface area (Å²) >= 11 is 0. The van der Waals surface area contributed by atoms with E-state index in [4.69, 9.17) is 5.11 Å². The van der Waals surface area contributed by atoms with E-state index in [0.717, 1.165) is 0 Å². The van der Waals surface area contributed by atoms with Gasteiger partial charge in [-0.25, -0.2) is 4.79 Å². The second-order valence-electron chi connectivity index (χ2n) is 4.41.